The summed E-state index contributed by atoms with van der Waals surface area (Å²) in [6.07, 6.45) is -4.20. The molecule has 2 heterocycles. The van der Waals surface area contributed by atoms with Gasteiger partial charge in [0.15, 0.2) is 0 Å². The largest absolute Gasteiger partial charge is 0.401 e. The summed E-state index contributed by atoms with van der Waals surface area (Å²) in [7, 11) is 0. The number of benzene rings is 1. The fourth-order valence-corrected chi connectivity index (χ4v) is 2.67. The Balaban J connectivity index is 1.58. The maximum Gasteiger partial charge on any atom is 0.401 e. The summed E-state index contributed by atoms with van der Waals surface area (Å²) in [4.78, 5) is 15.2. The number of nitrogens with zero attached hydrogens (tertiary/aromatic N) is 5. The van der Waals surface area contributed by atoms with Crippen molar-refractivity contribution in [3.05, 3.63) is 24.3 Å². The first-order chi connectivity index (χ1) is 10.9. The monoisotopic (exact) mass is 327 g/mol. The number of para-hydroxylation sites is 1. The van der Waals surface area contributed by atoms with Crippen LogP contribution < -0.4 is 0 Å². The molecule has 124 valence electrons. The summed E-state index contributed by atoms with van der Waals surface area (Å²) in [5.74, 6) is -0.160. The number of carbonyl (C=O) groups is 1. The van der Waals surface area contributed by atoms with Gasteiger partial charge in [0.05, 0.1) is 12.1 Å². The second-order valence-corrected chi connectivity index (χ2v) is 5.51. The third-order valence-corrected chi connectivity index (χ3v) is 3.83. The Kier molecular flexibility index (Phi) is 4.20. The molecule has 0 spiro atoms. The molecule has 1 amide bonds. The molecule has 1 saturated heterocycles. The quantitative estimate of drug-likeness (QED) is 0.848. The lowest BCUT2D eigenvalue weighted by Crippen LogP contribution is -2.51. The van der Waals surface area contributed by atoms with Gasteiger partial charge in [-0.05, 0) is 12.1 Å². The smallest absolute Gasteiger partial charge is 0.339 e. The van der Waals surface area contributed by atoms with Crippen LogP contribution in [0.3, 0.4) is 0 Å². The van der Waals surface area contributed by atoms with Gasteiger partial charge in [-0.3, -0.25) is 9.69 Å². The summed E-state index contributed by atoms with van der Waals surface area (Å²) >= 11 is 0. The molecule has 0 aliphatic carbocycles. The molecule has 0 atom stereocenters. The molecule has 1 fully saturated rings. The molecule has 23 heavy (non-hydrogen) atoms. The van der Waals surface area contributed by atoms with E-state index in [1.165, 1.54) is 9.58 Å². The molecule has 0 unspecified atom stereocenters. The van der Waals surface area contributed by atoms with Crippen LogP contribution in [0.25, 0.3) is 11.0 Å². The third kappa shape index (κ3) is 3.79. The van der Waals surface area contributed by atoms with Crippen LogP contribution in [0.15, 0.2) is 24.3 Å². The number of hydrogen-bond acceptors (Lipinski definition) is 4. The van der Waals surface area contributed by atoms with Crippen molar-refractivity contribution in [2.75, 3.05) is 32.7 Å². The average molecular weight is 327 g/mol. The summed E-state index contributed by atoms with van der Waals surface area (Å²) in [5, 5.41) is 7.93. The van der Waals surface area contributed by atoms with Crippen LogP contribution >= 0.6 is 0 Å². The maximum atomic E-state index is 12.4. The normalized spacial score (nSPS) is 16.9. The first-order valence-electron chi connectivity index (χ1n) is 7.27. The van der Waals surface area contributed by atoms with Crippen LogP contribution in [0.1, 0.15) is 0 Å². The van der Waals surface area contributed by atoms with E-state index in [4.69, 9.17) is 0 Å². The minimum absolute atomic E-state index is 0.0415. The number of aromatic nitrogens is 3. The van der Waals surface area contributed by atoms with Gasteiger partial charge in [0.25, 0.3) is 0 Å². The van der Waals surface area contributed by atoms with E-state index in [1.54, 1.807) is 11.0 Å². The maximum absolute atomic E-state index is 12.4. The van der Waals surface area contributed by atoms with Crippen molar-refractivity contribution in [3.8, 4) is 0 Å². The molecule has 0 radical (unpaired) electrons. The summed E-state index contributed by atoms with van der Waals surface area (Å²) in [5.41, 5.74) is 1.46. The summed E-state index contributed by atoms with van der Waals surface area (Å²) in [6.45, 7) is 0.151. The second-order valence-electron chi connectivity index (χ2n) is 5.51. The SMILES string of the molecule is O=C(Cn1nnc2ccccc21)N1CCN(CC(F)(F)F)CC1. The molecule has 1 aromatic heterocycles. The van der Waals surface area contributed by atoms with Crippen molar-refractivity contribution < 1.29 is 18.0 Å². The average Bonchev–Trinajstić information content (AvgIpc) is 2.90. The number of alkyl halides is 3. The zero-order valence-corrected chi connectivity index (χ0v) is 12.3. The Bertz CT molecular complexity index is 691. The van der Waals surface area contributed by atoms with E-state index in [9.17, 15) is 18.0 Å². The molecule has 1 aliphatic heterocycles. The number of hydrogen-bond donors (Lipinski definition) is 0. The standard InChI is InChI=1S/C14H16F3N5O/c15-14(16,17)10-20-5-7-21(8-6-20)13(23)9-22-12-4-2-1-3-11(12)18-19-22/h1-4H,5-10H2. The number of amides is 1. The summed E-state index contributed by atoms with van der Waals surface area (Å²) in [6, 6.07) is 7.30. The Morgan fingerprint density at radius 2 is 1.83 bits per heavy atom. The second kappa shape index (κ2) is 6.15. The molecule has 9 heteroatoms. The van der Waals surface area contributed by atoms with Gasteiger partial charge >= 0.3 is 6.18 Å². The highest BCUT2D eigenvalue weighted by Crippen LogP contribution is 2.17. The first-order valence-corrected chi connectivity index (χ1v) is 7.27. The minimum atomic E-state index is -4.20. The van der Waals surface area contributed by atoms with Crippen LogP contribution in [0.5, 0.6) is 0 Å². The lowest BCUT2D eigenvalue weighted by molar-refractivity contribution is -0.151. The molecule has 3 rings (SSSR count). The predicted octanol–water partition coefficient (Wildman–Crippen LogP) is 1.14. The van der Waals surface area contributed by atoms with Crippen LogP contribution in [-0.2, 0) is 11.3 Å². The highest BCUT2D eigenvalue weighted by atomic mass is 19.4. The Morgan fingerprint density at radius 3 is 2.52 bits per heavy atom. The Morgan fingerprint density at radius 1 is 1.13 bits per heavy atom. The van der Waals surface area contributed by atoms with Gasteiger partial charge in [0.2, 0.25) is 5.91 Å². The van der Waals surface area contributed by atoms with Crippen LogP contribution in [0.4, 0.5) is 13.2 Å². The van der Waals surface area contributed by atoms with Crippen molar-refractivity contribution >= 4 is 16.9 Å². The van der Waals surface area contributed by atoms with E-state index < -0.39 is 12.7 Å². The predicted molar refractivity (Wildman–Crippen MR) is 76.6 cm³/mol. The number of rotatable bonds is 3. The van der Waals surface area contributed by atoms with E-state index in [2.05, 4.69) is 10.3 Å². The van der Waals surface area contributed by atoms with Crippen molar-refractivity contribution in [2.45, 2.75) is 12.7 Å². The lowest BCUT2D eigenvalue weighted by atomic mass is 10.3. The van der Waals surface area contributed by atoms with Gasteiger partial charge < -0.3 is 4.90 Å². The summed E-state index contributed by atoms with van der Waals surface area (Å²) < 4.78 is 38.6. The third-order valence-electron chi connectivity index (χ3n) is 3.83. The molecule has 6 nitrogen and oxygen atoms in total. The van der Waals surface area contributed by atoms with Crippen molar-refractivity contribution in [2.24, 2.45) is 0 Å². The van der Waals surface area contributed by atoms with E-state index in [0.717, 1.165) is 5.52 Å². The van der Waals surface area contributed by atoms with Gasteiger partial charge in [-0.25, -0.2) is 4.68 Å². The van der Waals surface area contributed by atoms with E-state index in [-0.39, 0.29) is 25.5 Å². The molecular formula is C14H16F3N5O. The van der Waals surface area contributed by atoms with Gasteiger partial charge in [-0.2, -0.15) is 13.2 Å². The Labute approximate surface area is 130 Å². The number of fused-ring (bicyclic) bond motifs is 1. The van der Waals surface area contributed by atoms with Crippen LogP contribution in [0, 0.1) is 0 Å². The molecule has 2 aromatic rings. The van der Waals surface area contributed by atoms with E-state index in [1.807, 2.05) is 18.2 Å². The zero-order valence-electron chi connectivity index (χ0n) is 12.3. The van der Waals surface area contributed by atoms with Crippen molar-refractivity contribution in [1.82, 2.24) is 24.8 Å². The van der Waals surface area contributed by atoms with Crippen molar-refractivity contribution in [3.63, 3.8) is 0 Å². The molecule has 0 saturated carbocycles. The van der Waals surface area contributed by atoms with Gasteiger partial charge in [0, 0.05) is 26.2 Å². The van der Waals surface area contributed by atoms with Crippen LogP contribution in [-0.4, -0.2) is 69.6 Å². The topological polar surface area (TPSA) is 54.3 Å². The minimum Gasteiger partial charge on any atom is -0.339 e. The highest BCUT2D eigenvalue weighted by Gasteiger charge is 2.32. The van der Waals surface area contributed by atoms with Gasteiger partial charge in [0.1, 0.15) is 12.1 Å². The number of piperazine rings is 1. The molecule has 0 bridgehead atoms. The van der Waals surface area contributed by atoms with Gasteiger partial charge in [-0.15, -0.1) is 5.10 Å². The first kappa shape index (κ1) is 15.7. The molecular weight excluding hydrogens is 311 g/mol. The molecule has 1 aliphatic rings. The fraction of sp³-hybridized carbons (Fsp3) is 0.500. The molecule has 0 N–H and O–H groups in total. The highest BCUT2D eigenvalue weighted by molar-refractivity contribution is 5.79. The fourth-order valence-electron chi connectivity index (χ4n) is 2.67. The van der Waals surface area contributed by atoms with Gasteiger partial charge in [-0.1, -0.05) is 17.3 Å². The Hall–Kier alpha value is -2.16. The number of halogens is 3. The molecule has 1 aromatic carbocycles. The van der Waals surface area contributed by atoms with Crippen molar-refractivity contribution in [1.29, 1.82) is 0 Å². The number of carbonyl (C=O) groups excluding carboxylic acids is 1. The van der Waals surface area contributed by atoms with E-state index in [0.29, 0.717) is 18.6 Å². The van der Waals surface area contributed by atoms with E-state index >= 15 is 0 Å². The lowest BCUT2D eigenvalue weighted by Gasteiger charge is -2.34. The van der Waals surface area contributed by atoms with Crippen LogP contribution in [0.2, 0.25) is 0 Å². The zero-order chi connectivity index (χ0) is 16.4.